The molecule has 0 aliphatic heterocycles. The Morgan fingerprint density at radius 2 is 1.77 bits per heavy atom. The fourth-order valence-corrected chi connectivity index (χ4v) is 3.44. The van der Waals surface area contributed by atoms with Gasteiger partial charge in [0.15, 0.2) is 0 Å². The summed E-state index contributed by atoms with van der Waals surface area (Å²) in [6, 6.07) is 21.2. The minimum Gasteiger partial charge on any atom is -0.321 e. The SMILES string of the molecule is Cc1ccc([N+](=O)[O-])cc1NC(=O)c1cc(-c2ccc(Br)cc2)nc2ccccc12. The molecule has 1 amide bonds. The molecule has 4 rings (SSSR count). The number of nitrogens with one attached hydrogen (secondary N) is 1. The summed E-state index contributed by atoms with van der Waals surface area (Å²) in [4.78, 5) is 28.5. The van der Waals surface area contributed by atoms with Gasteiger partial charge in [0.25, 0.3) is 11.6 Å². The number of nitro groups is 1. The molecule has 0 fully saturated rings. The van der Waals surface area contributed by atoms with Crippen molar-refractivity contribution in [3.63, 3.8) is 0 Å². The Morgan fingerprint density at radius 1 is 1.03 bits per heavy atom. The second-order valence-electron chi connectivity index (χ2n) is 6.79. The maximum absolute atomic E-state index is 13.2. The van der Waals surface area contributed by atoms with E-state index in [1.807, 2.05) is 48.5 Å². The van der Waals surface area contributed by atoms with Gasteiger partial charge in [0.2, 0.25) is 0 Å². The van der Waals surface area contributed by atoms with Gasteiger partial charge in [-0.05, 0) is 36.8 Å². The molecule has 0 saturated heterocycles. The van der Waals surface area contributed by atoms with E-state index in [1.165, 1.54) is 12.1 Å². The number of anilines is 1. The van der Waals surface area contributed by atoms with Crippen LogP contribution in [0, 0.1) is 17.0 Å². The van der Waals surface area contributed by atoms with E-state index in [1.54, 1.807) is 19.1 Å². The Kier molecular flexibility index (Phi) is 5.29. The lowest BCUT2D eigenvalue weighted by atomic mass is 10.0. The molecule has 6 nitrogen and oxygen atoms in total. The summed E-state index contributed by atoms with van der Waals surface area (Å²) in [5.41, 5.74) is 3.75. The maximum Gasteiger partial charge on any atom is 0.271 e. The maximum atomic E-state index is 13.2. The highest BCUT2D eigenvalue weighted by Gasteiger charge is 2.16. The lowest BCUT2D eigenvalue weighted by Gasteiger charge is -2.12. The van der Waals surface area contributed by atoms with E-state index in [4.69, 9.17) is 4.98 Å². The van der Waals surface area contributed by atoms with Crippen LogP contribution in [0.5, 0.6) is 0 Å². The number of hydrogen-bond donors (Lipinski definition) is 1. The molecular formula is C23H16BrN3O3. The van der Waals surface area contributed by atoms with Crippen molar-refractivity contribution in [3.05, 3.63) is 98.5 Å². The molecule has 1 N–H and O–H groups in total. The molecular weight excluding hydrogens is 446 g/mol. The predicted octanol–water partition coefficient (Wildman–Crippen LogP) is 6.13. The van der Waals surface area contributed by atoms with E-state index in [9.17, 15) is 14.9 Å². The number of carbonyl (C=O) groups excluding carboxylic acids is 1. The summed E-state index contributed by atoms with van der Waals surface area (Å²) >= 11 is 3.42. The number of hydrogen-bond acceptors (Lipinski definition) is 4. The number of halogens is 1. The van der Waals surface area contributed by atoms with Gasteiger partial charge >= 0.3 is 0 Å². The number of aryl methyl sites for hydroxylation is 1. The van der Waals surface area contributed by atoms with Crippen LogP contribution in [0.3, 0.4) is 0 Å². The Morgan fingerprint density at radius 3 is 2.50 bits per heavy atom. The van der Waals surface area contributed by atoms with Crippen LogP contribution >= 0.6 is 15.9 Å². The number of non-ortho nitro benzene ring substituents is 1. The average molecular weight is 462 g/mol. The number of benzene rings is 3. The lowest BCUT2D eigenvalue weighted by Crippen LogP contribution is -2.14. The molecule has 4 aromatic rings. The summed E-state index contributed by atoms with van der Waals surface area (Å²) < 4.78 is 0.950. The molecule has 0 saturated carbocycles. The third-order valence-electron chi connectivity index (χ3n) is 4.78. The van der Waals surface area contributed by atoms with E-state index in [2.05, 4.69) is 21.2 Å². The van der Waals surface area contributed by atoms with Gasteiger partial charge in [0, 0.05) is 27.6 Å². The van der Waals surface area contributed by atoms with E-state index in [0.29, 0.717) is 27.8 Å². The first kappa shape index (κ1) is 19.7. The molecule has 3 aromatic carbocycles. The lowest BCUT2D eigenvalue weighted by molar-refractivity contribution is -0.384. The summed E-state index contributed by atoms with van der Waals surface area (Å²) in [7, 11) is 0. The fraction of sp³-hybridized carbons (Fsp3) is 0.0435. The van der Waals surface area contributed by atoms with Crippen molar-refractivity contribution in [2.45, 2.75) is 6.92 Å². The molecule has 0 atom stereocenters. The van der Waals surface area contributed by atoms with Crippen LogP contribution in [0.15, 0.2) is 77.3 Å². The van der Waals surface area contributed by atoms with Crippen molar-refractivity contribution >= 4 is 44.1 Å². The third kappa shape index (κ3) is 3.92. The number of aromatic nitrogens is 1. The van der Waals surface area contributed by atoms with Gasteiger partial charge in [0.1, 0.15) is 0 Å². The standard InChI is InChI=1S/C23H16BrN3O3/c1-14-6-11-17(27(29)30)12-21(14)26-23(28)19-13-22(15-7-9-16(24)10-8-15)25-20-5-3-2-4-18(19)20/h2-13H,1H3,(H,26,28). The third-order valence-corrected chi connectivity index (χ3v) is 5.31. The Hall–Kier alpha value is -3.58. The van der Waals surface area contributed by atoms with Crippen LogP contribution in [0.2, 0.25) is 0 Å². The zero-order valence-electron chi connectivity index (χ0n) is 15.9. The van der Waals surface area contributed by atoms with Gasteiger partial charge < -0.3 is 5.32 Å². The van der Waals surface area contributed by atoms with Gasteiger partial charge in [0.05, 0.1) is 27.4 Å². The van der Waals surface area contributed by atoms with Gasteiger partial charge in [-0.1, -0.05) is 52.3 Å². The highest BCUT2D eigenvalue weighted by atomic mass is 79.9. The predicted molar refractivity (Wildman–Crippen MR) is 121 cm³/mol. The number of nitro benzene ring substituents is 1. The zero-order valence-corrected chi connectivity index (χ0v) is 17.5. The molecule has 148 valence electrons. The summed E-state index contributed by atoms with van der Waals surface area (Å²) in [5, 5.41) is 14.6. The number of fused-ring (bicyclic) bond motifs is 1. The van der Waals surface area contributed by atoms with Crippen LogP contribution in [-0.4, -0.2) is 15.8 Å². The van der Waals surface area contributed by atoms with Crippen molar-refractivity contribution in [3.8, 4) is 11.3 Å². The quantitative estimate of drug-likeness (QED) is 0.292. The van der Waals surface area contributed by atoms with Gasteiger partial charge in [-0.25, -0.2) is 4.98 Å². The monoisotopic (exact) mass is 461 g/mol. The molecule has 0 spiro atoms. The van der Waals surface area contributed by atoms with E-state index in [-0.39, 0.29) is 11.6 Å². The van der Waals surface area contributed by atoms with Gasteiger partial charge in [-0.15, -0.1) is 0 Å². The normalized spacial score (nSPS) is 10.7. The molecule has 0 aliphatic carbocycles. The second-order valence-corrected chi connectivity index (χ2v) is 7.71. The summed E-state index contributed by atoms with van der Waals surface area (Å²) in [6.45, 7) is 1.79. The number of amides is 1. The van der Waals surface area contributed by atoms with Crippen molar-refractivity contribution in [1.82, 2.24) is 4.98 Å². The summed E-state index contributed by atoms with van der Waals surface area (Å²) in [6.07, 6.45) is 0. The second kappa shape index (κ2) is 8.04. The number of nitrogens with zero attached hydrogens (tertiary/aromatic N) is 2. The van der Waals surface area contributed by atoms with Crippen molar-refractivity contribution < 1.29 is 9.72 Å². The Labute approximate surface area is 180 Å². The molecule has 1 aromatic heterocycles. The first-order chi connectivity index (χ1) is 14.4. The highest BCUT2D eigenvalue weighted by Crippen LogP contribution is 2.28. The summed E-state index contributed by atoms with van der Waals surface area (Å²) in [5.74, 6) is -0.351. The fourth-order valence-electron chi connectivity index (χ4n) is 3.18. The zero-order chi connectivity index (χ0) is 21.3. The molecule has 7 heteroatoms. The molecule has 30 heavy (non-hydrogen) atoms. The van der Waals surface area contributed by atoms with Crippen molar-refractivity contribution in [1.29, 1.82) is 0 Å². The van der Waals surface area contributed by atoms with E-state index in [0.717, 1.165) is 15.6 Å². The number of rotatable bonds is 4. The van der Waals surface area contributed by atoms with Crippen LogP contribution in [0.1, 0.15) is 15.9 Å². The van der Waals surface area contributed by atoms with Gasteiger partial charge in [-0.3, -0.25) is 14.9 Å². The Bertz CT molecular complexity index is 1290. The minimum atomic E-state index is -0.484. The topological polar surface area (TPSA) is 85.1 Å². The largest absolute Gasteiger partial charge is 0.321 e. The van der Waals surface area contributed by atoms with Crippen LogP contribution in [0.4, 0.5) is 11.4 Å². The molecule has 1 heterocycles. The smallest absolute Gasteiger partial charge is 0.271 e. The first-order valence-electron chi connectivity index (χ1n) is 9.14. The van der Waals surface area contributed by atoms with Crippen molar-refractivity contribution in [2.24, 2.45) is 0 Å². The number of para-hydroxylation sites is 1. The molecule has 0 bridgehead atoms. The van der Waals surface area contributed by atoms with E-state index >= 15 is 0 Å². The van der Waals surface area contributed by atoms with Crippen LogP contribution in [0.25, 0.3) is 22.2 Å². The molecule has 0 radical (unpaired) electrons. The number of carbonyl (C=O) groups is 1. The van der Waals surface area contributed by atoms with Crippen LogP contribution < -0.4 is 5.32 Å². The average Bonchev–Trinajstić information content (AvgIpc) is 2.74. The van der Waals surface area contributed by atoms with Crippen LogP contribution in [-0.2, 0) is 0 Å². The minimum absolute atomic E-state index is 0.0777. The van der Waals surface area contributed by atoms with Gasteiger partial charge in [-0.2, -0.15) is 0 Å². The Balaban J connectivity index is 1.79. The van der Waals surface area contributed by atoms with Crippen molar-refractivity contribution in [2.75, 3.05) is 5.32 Å². The van der Waals surface area contributed by atoms with E-state index < -0.39 is 4.92 Å². The highest BCUT2D eigenvalue weighted by molar-refractivity contribution is 9.10. The first-order valence-corrected chi connectivity index (χ1v) is 9.94. The number of pyridine rings is 1. The molecule has 0 aliphatic rings. The molecule has 0 unspecified atom stereocenters.